The van der Waals surface area contributed by atoms with Crippen LogP contribution in [0.5, 0.6) is 0 Å². The maximum absolute atomic E-state index is 12.0. The summed E-state index contributed by atoms with van der Waals surface area (Å²) in [5.74, 6) is 0. The molecule has 0 aliphatic carbocycles. The van der Waals surface area contributed by atoms with Crippen LogP contribution in [-0.2, 0) is 6.54 Å². The highest BCUT2D eigenvalue weighted by atomic mass is 16.1. The Morgan fingerprint density at radius 3 is 3.00 bits per heavy atom. The van der Waals surface area contributed by atoms with Crippen molar-refractivity contribution in [3.8, 4) is 0 Å². The number of H-pyrrole nitrogens is 1. The predicted octanol–water partition coefficient (Wildman–Crippen LogP) is 1.01. The number of para-hydroxylation sites is 2. The second kappa shape index (κ2) is 5.81. The van der Waals surface area contributed by atoms with Crippen LogP contribution >= 0.6 is 0 Å². The number of nitrogens with one attached hydrogen (secondary N) is 2. The Morgan fingerprint density at radius 1 is 1.30 bits per heavy atom. The Balaban J connectivity index is 1.62. The molecule has 20 heavy (non-hydrogen) atoms. The minimum Gasteiger partial charge on any atom is -0.312 e. The van der Waals surface area contributed by atoms with Gasteiger partial charge < -0.3 is 15.2 Å². The molecule has 0 amide bonds. The van der Waals surface area contributed by atoms with E-state index in [1.165, 1.54) is 0 Å². The molecule has 1 aromatic heterocycles. The first-order valence-corrected chi connectivity index (χ1v) is 7.37. The van der Waals surface area contributed by atoms with E-state index in [9.17, 15) is 4.79 Å². The van der Waals surface area contributed by atoms with E-state index in [-0.39, 0.29) is 5.69 Å². The van der Waals surface area contributed by atoms with Gasteiger partial charge in [-0.1, -0.05) is 12.1 Å². The van der Waals surface area contributed by atoms with E-state index in [0.29, 0.717) is 6.04 Å². The summed E-state index contributed by atoms with van der Waals surface area (Å²) >= 11 is 0. The highest BCUT2D eigenvalue weighted by Crippen LogP contribution is 2.09. The molecule has 1 atom stereocenters. The van der Waals surface area contributed by atoms with Crippen LogP contribution in [-0.4, -0.2) is 46.7 Å². The first kappa shape index (κ1) is 13.4. The smallest absolute Gasteiger partial charge is 0.312 e. The minimum atomic E-state index is -0.000112. The average Bonchev–Trinajstić information content (AvgIpc) is 2.75. The summed E-state index contributed by atoms with van der Waals surface area (Å²) in [7, 11) is 0. The number of aromatic amines is 1. The molecule has 3 rings (SSSR count). The Kier molecular flexibility index (Phi) is 3.89. The Labute approximate surface area is 118 Å². The van der Waals surface area contributed by atoms with Gasteiger partial charge in [0.05, 0.1) is 11.0 Å². The van der Waals surface area contributed by atoms with Crippen LogP contribution < -0.4 is 11.0 Å². The molecule has 0 unspecified atom stereocenters. The lowest BCUT2D eigenvalue weighted by molar-refractivity contribution is 0.202. The lowest BCUT2D eigenvalue weighted by atomic mass is 10.2. The highest BCUT2D eigenvalue weighted by molar-refractivity contribution is 5.74. The minimum absolute atomic E-state index is 0.000112. The largest absolute Gasteiger partial charge is 0.326 e. The molecule has 0 spiro atoms. The number of nitrogens with zero attached hydrogens (tertiary/aromatic N) is 2. The van der Waals surface area contributed by atoms with E-state index in [1.807, 2.05) is 28.8 Å². The molecular formula is C15H22N4O. The molecule has 1 saturated heterocycles. The van der Waals surface area contributed by atoms with Gasteiger partial charge >= 0.3 is 5.69 Å². The zero-order valence-electron chi connectivity index (χ0n) is 11.9. The number of hydrogen-bond acceptors (Lipinski definition) is 3. The van der Waals surface area contributed by atoms with Gasteiger partial charge in [-0.3, -0.25) is 4.57 Å². The van der Waals surface area contributed by atoms with Crippen LogP contribution in [0.3, 0.4) is 0 Å². The van der Waals surface area contributed by atoms with E-state index < -0.39 is 0 Å². The van der Waals surface area contributed by atoms with E-state index in [0.717, 1.165) is 50.2 Å². The zero-order chi connectivity index (χ0) is 13.9. The molecular weight excluding hydrogens is 252 g/mol. The van der Waals surface area contributed by atoms with Gasteiger partial charge in [-0.2, -0.15) is 0 Å². The fourth-order valence-corrected chi connectivity index (χ4v) is 3.00. The summed E-state index contributed by atoms with van der Waals surface area (Å²) in [6.07, 6.45) is 1.01. The fourth-order valence-electron chi connectivity index (χ4n) is 3.00. The van der Waals surface area contributed by atoms with Crippen molar-refractivity contribution in [3.63, 3.8) is 0 Å². The van der Waals surface area contributed by atoms with Crippen LogP contribution in [0.1, 0.15) is 13.3 Å². The fraction of sp³-hybridized carbons (Fsp3) is 0.533. The summed E-state index contributed by atoms with van der Waals surface area (Å²) in [4.78, 5) is 17.3. The summed E-state index contributed by atoms with van der Waals surface area (Å²) in [6.45, 7) is 7.32. The number of rotatable bonds is 4. The van der Waals surface area contributed by atoms with Crippen molar-refractivity contribution in [1.82, 2.24) is 19.8 Å². The van der Waals surface area contributed by atoms with Gasteiger partial charge in [0, 0.05) is 32.2 Å². The van der Waals surface area contributed by atoms with Gasteiger partial charge in [0.25, 0.3) is 0 Å². The molecule has 5 nitrogen and oxygen atoms in total. The standard InChI is InChI=1S/C15H22N4O/c1-12-11-18(10-7-16-12)8-4-9-19-14-6-3-2-5-13(14)17-15(19)20/h2-3,5-6,12,16H,4,7-11H2,1H3,(H,17,20)/t12-/m1/s1. The third-order valence-corrected chi connectivity index (χ3v) is 3.99. The predicted molar refractivity (Wildman–Crippen MR) is 81.1 cm³/mol. The van der Waals surface area contributed by atoms with Crippen molar-refractivity contribution in [3.05, 3.63) is 34.7 Å². The number of piperazine rings is 1. The second-order valence-electron chi connectivity index (χ2n) is 5.61. The highest BCUT2D eigenvalue weighted by Gasteiger charge is 2.15. The van der Waals surface area contributed by atoms with E-state index in [1.54, 1.807) is 0 Å². The molecule has 2 heterocycles. The average molecular weight is 274 g/mol. The van der Waals surface area contributed by atoms with Crippen LogP contribution in [0.15, 0.2) is 29.1 Å². The normalized spacial score (nSPS) is 20.6. The monoisotopic (exact) mass is 274 g/mol. The molecule has 0 bridgehead atoms. The lowest BCUT2D eigenvalue weighted by Gasteiger charge is -2.31. The summed E-state index contributed by atoms with van der Waals surface area (Å²) in [6, 6.07) is 8.44. The van der Waals surface area contributed by atoms with Gasteiger partial charge in [0.1, 0.15) is 0 Å². The van der Waals surface area contributed by atoms with Crippen molar-refractivity contribution >= 4 is 11.0 Å². The van der Waals surface area contributed by atoms with Crippen molar-refractivity contribution in [2.45, 2.75) is 25.9 Å². The number of aromatic nitrogens is 2. The van der Waals surface area contributed by atoms with Crippen molar-refractivity contribution in [2.24, 2.45) is 0 Å². The SMILES string of the molecule is C[C@@H]1CN(CCCn2c(=O)[nH]c3ccccc32)CCN1. The maximum Gasteiger partial charge on any atom is 0.326 e. The molecule has 1 aliphatic heterocycles. The third-order valence-electron chi connectivity index (χ3n) is 3.99. The van der Waals surface area contributed by atoms with Crippen LogP contribution in [0, 0.1) is 0 Å². The third kappa shape index (κ3) is 2.78. The van der Waals surface area contributed by atoms with Gasteiger partial charge in [-0.05, 0) is 32.0 Å². The summed E-state index contributed by atoms with van der Waals surface area (Å²) in [5, 5.41) is 3.45. The summed E-state index contributed by atoms with van der Waals surface area (Å²) in [5.41, 5.74) is 1.93. The molecule has 1 aliphatic rings. The van der Waals surface area contributed by atoms with E-state index in [2.05, 4.69) is 22.1 Å². The Morgan fingerprint density at radius 2 is 2.15 bits per heavy atom. The number of fused-ring (bicyclic) bond motifs is 1. The first-order valence-electron chi connectivity index (χ1n) is 7.37. The molecule has 1 aromatic carbocycles. The molecule has 2 N–H and O–H groups in total. The van der Waals surface area contributed by atoms with Crippen LogP contribution in [0.25, 0.3) is 11.0 Å². The number of hydrogen-bond donors (Lipinski definition) is 2. The van der Waals surface area contributed by atoms with Crippen molar-refractivity contribution in [2.75, 3.05) is 26.2 Å². The van der Waals surface area contributed by atoms with Crippen molar-refractivity contribution < 1.29 is 0 Å². The molecule has 108 valence electrons. The summed E-state index contributed by atoms with van der Waals surface area (Å²) < 4.78 is 1.85. The molecule has 0 saturated carbocycles. The van der Waals surface area contributed by atoms with Crippen molar-refractivity contribution in [1.29, 1.82) is 0 Å². The van der Waals surface area contributed by atoms with E-state index >= 15 is 0 Å². The first-order chi connectivity index (χ1) is 9.74. The maximum atomic E-state index is 12.0. The van der Waals surface area contributed by atoms with Gasteiger partial charge in [0.15, 0.2) is 0 Å². The van der Waals surface area contributed by atoms with Gasteiger partial charge in [-0.15, -0.1) is 0 Å². The molecule has 5 heteroatoms. The molecule has 2 aromatic rings. The van der Waals surface area contributed by atoms with Gasteiger partial charge in [0.2, 0.25) is 0 Å². The topological polar surface area (TPSA) is 53.1 Å². The number of imidazole rings is 1. The quantitative estimate of drug-likeness (QED) is 0.875. The lowest BCUT2D eigenvalue weighted by Crippen LogP contribution is -2.49. The zero-order valence-corrected chi connectivity index (χ0v) is 11.9. The second-order valence-corrected chi connectivity index (χ2v) is 5.61. The molecule has 0 radical (unpaired) electrons. The van der Waals surface area contributed by atoms with Crippen LogP contribution in [0.4, 0.5) is 0 Å². The van der Waals surface area contributed by atoms with Gasteiger partial charge in [-0.25, -0.2) is 4.79 Å². The van der Waals surface area contributed by atoms with E-state index in [4.69, 9.17) is 0 Å². The number of benzene rings is 1. The number of aryl methyl sites for hydroxylation is 1. The Hall–Kier alpha value is -1.59. The molecule has 1 fully saturated rings. The Bertz CT molecular complexity index is 630. The van der Waals surface area contributed by atoms with Crippen LogP contribution in [0.2, 0.25) is 0 Å².